The van der Waals surface area contributed by atoms with Crippen molar-refractivity contribution in [3.8, 4) is 5.75 Å². The molecule has 1 atom stereocenters. The van der Waals surface area contributed by atoms with Crippen molar-refractivity contribution in [2.75, 3.05) is 33.4 Å². The Morgan fingerprint density at radius 1 is 1.33 bits per heavy atom. The van der Waals surface area contributed by atoms with Gasteiger partial charge in [0, 0.05) is 33.2 Å². The molecule has 0 saturated carbocycles. The van der Waals surface area contributed by atoms with Crippen molar-refractivity contribution in [2.45, 2.75) is 32.8 Å². The van der Waals surface area contributed by atoms with Crippen molar-refractivity contribution in [3.63, 3.8) is 0 Å². The van der Waals surface area contributed by atoms with Crippen molar-refractivity contribution in [1.29, 1.82) is 0 Å². The maximum Gasteiger partial charge on any atom is 0.191 e. The molecule has 136 valence electrons. The van der Waals surface area contributed by atoms with E-state index >= 15 is 0 Å². The van der Waals surface area contributed by atoms with E-state index < -0.39 is 0 Å². The lowest BCUT2D eigenvalue weighted by molar-refractivity contribution is 0.108. The zero-order valence-electron chi connectivity index (χ0n) is 14.9. The van der Waals surface area contributed by atoms with Crippen molar-refractivity contribution in [3.05, 3.63) is 29.8 Å². The molecule has 1 aromatic carbocycles. The Hall–Kier alpha value is -1.02. The van der Waals surface area contributed by atoms with Gasteiger partial charge in [0.2, 0.25) is 0 Å². The van der Waals surface area contributed by atoms with Gasteiger partial charge in [0.1, 0.15) is 11.9 Å². The molecule has 2 N–H and O–H groups in total. The van der Waals surface area contributed by atoms with Crippen LogP contribution in [0.4, 0.5) is 0 Å². The molecule has 6 heteroatoms. The SMILES string of the molecule is CN=C(NCCCOCC(C)C)NCC1Cc2ccccc2O1.I. The van der Waals surface area contributed by atoms with Gasteiger partial charge in [-0.15, -0.1) is 24.0 Å². The quantitative estimate of drug-likeness (QED) is 0.279. The summed E-state index contributed by atoms with van der Waals surface area (Å²) in [5, 5.41) is 6.63. The lowest BCUT2D eigenvalue weighted by Gasteiger charge is -2.15. The van der Waals surface area contributed by atoms with Crippen LogP contribution < -0.4 is 15.4 Å². The van der Waals surface area contributed by atoms with Crippen molar-refractivity contribution in [2.24, 2.45) is 10.9 Å². The zero-order valence-corrected chi connectivity index (χ0v) is 17.2. The van der Waals surface area contributed by atoms with Gasteiger partial charge >= 0.3 is 0 Å². The molecular formula is C18H30IN3O2. The molecule has 0 amide bonds. The lowest BCUT2D eigenvalue weighted by atomic mass is 10.1. The molecule has 0 aliphatic carbocycles. The van der Waals surface area contributed by atoms with E-state index in [1.807, 2.05) is 12.1 Å². The fraction of sp³-hybridized carbons (Fsp3) is 0.611. The molecule has 1 heterocycles. The third kappa shape index (κ3) is 7.25. The van der Waals surface area contributed by atoms with Gasteiger partial charge in [-0.1, -0.05) is 32.0 Å². The number of ether oxygens (including phenoxy) is 2. The Kier molecular flexibility index (Phi) is 10.1. The average molecular weight is 447 g/mol. The topological polar surface area (TPSA) is 54.9 Å². The summed E-state index contributed by atoms with van der Waals surface area (Å²) >= 11 is 0. The number of halogens is 1. The molecule has 5 nitrogen and oxygen atoms in total. The van der Waals surface area contributed by atoms with Crippen LogP contribution in [0.3, 0.4) is 0 Å². The summed E-state index contributed by atoms with van der Waals surface area (Å²) in [4.78, 5) is 4.24. The van der Waals surface area contributed by atoms with E-state index in [4.69, 9.17) is 9.47 Å². The number of rotatable bonds is 8. The number of hydrogen-bond donors (Lipinski definition) is 2. The molecule has 1 unspecified atom stereocenters. The minimum Gasteiger partial charge on any atom is -0.488 e. The Bertz CT molecular complexity index is 484. The minimum atomic E-state index is 0. The van der Waals surface area contributed by atoms with Gasteiger partial charge in [-0.25, -0.2) is 0 Å². The van der Waals surface area contributed by atoms with Crippen molar-refractivity contribution < 1.29 is 9.47 Å². The summed E-state index contributed by atoms with van der Waals surface area (Å²) in [5.41, 5.74) is 1.28. The van der Waals surface area contributed by atoms with Crippen LogP contribution in [-0.4, -0.2) is 45.4 Å². The predicted molar refractivity (Wildman–Crippen MR) is 110 cm³/mol. The van der Waals surface area contributed by atoms with E-state index in [0.717, 1.165) is 50.9 Å². The zero-order chi connectivity index (χ0) is 16.5. The summed E-state index contributed by atoms with van der Waals surface area (Å²) in [6, 6.07) is 8.22. The van der Waals surface area contributed by atoms with Crippen LogP contribution in [0.15, 0.2) is 29.3 Å². The second-order valence-electron chi connectivity index (χ2n) is 6.25. The highest BCUT2D eigenvalue weighted by molar-refractivity contribution is 14.0. The van der Waals surface area contributed by atoms with Crippen LogP contribution in [-0.2, 0) is 11.2 Å². The highest BCUT2D eigenvalue weighted by Crippen LogP contribution is 2.27. The average Bonchev–Trinajstić information content (AvgIpc) is 2.96. The van der Waals surface area contributed by atoms with Crippen LogP contribution in [0.1, 0.15) is 25.8 Å². The first kappa shape index (κ1) is 21.0. The Morgan fingerprint density at radius 3 is 2.83 bits per heavy atom. The summed E-state index contributed by atoms with van der Waals surface area (Å²) in [6.45, 7) is 7.53. The van der Waals surface area contributed by atoms with Crippen molar-refractivity contribution >= 4 is 29.9 Å². The largest absolute Gasteiger partial charge is 0.488 e. The molecule has 0 spiro atoms. The number of aliphatic imine (C=N–C) groups is 1. The fourth-order valence-electron chi connectivity index (χ4n) is 2.50. The summed E-state index contributed by atoms with van der Waals surface area (Å²) in [5.74, 6) is 2.41. The molecule has 2 rings (SSSR count). The third-order valence-corrected chi connectivity index (χ3v) is 3.64. The molecule has 0 bridgehead atoms. The number of hydrogen-bond acceptors (Lipinski definition) is 3. The molecular weight excluding hydrogens is 417 g/mol. The molecule has 1 aromatic rings. The number of benzene rings is 1. The second-order valence-corrected chi connectivity index (χ2v) is 6.25. The Labute approximate surface area is 162 Å². The lowest BCUT2D eigenvalue weighted by Crippen LogP contribution is -2.42. The summed E-state index contributed by atoms with van der Waals surface area (Å²) in [7, 11) is 1.79. The normalized spacial score (nSPS) is 16.3. The van der Waals surface area contributed by atoms with Gasteiger partial charge in [-0.3, -0.25) is 4.99 Å². The molecule has 1 aliphatic heterocycles. The number of fused-ring (bicyclic) bond motifs is 1. The third-order valence-electron chi connectivity index (χ3n) is 3.64. The van der Waals surface area contributed by atoms with Gasteiger partial charge in [-0.05, 0) is 24.0 Å². The molecule has 0 fully saturated rings. The maximum absolute atomic E-state index is 5.92. The number of nitrogens with zero attached hydrogens (tertiary/aromatic N) is 1. The molecule has 1 aliphatic rings. The first-order valence-electron chi connectivity index (χ1n) is 8.46. The monoisotopic (exact) mass is 447 g/mol. The minimum absolute atomic E-state index is 0. The van der Waals surface area contributed by atoms with Gasteiger partial charge in [0.25, 0.3) is 0 Å². The van der Waals surface area contributed by atoms with Crippen LogP contribution >= 0.6 is 24.0 Å². The highest BCUT2D eigenvalue weighted by Gasteiger charge is 2.22. The Morgan fingerprint density at radius 2 is 2.12 bits per heavy atom. The second kappa shape index (κ2) is 11.5. The van der Waals surface area contributed by atoms with E-state index in [0.29, 0.717) is 5.92 Å². The van der Waals surface area contributed by atoms with Crippen LogP contribution in [0.25, 0.3) is 0 Å². The number of nitrogens with one attached hydrogen (secondary N) is 2. The predicted octanol–water partition coefficient (Wildman–Crippen LogP) is 2.84. The van der Waals surface area contributed by atoms with Crippen LogP contribution in [0.5, 0.6) is 5.75 Å². The smallest absolute Gasteiger partial charge is 0.191 e. The van der Waals surface area contributed by atoms with E-state index in [1.165, 1.54) is 5.56 Å². The summed E-state index contributed by atoms with van der Waals surface area (Å²) < 4.78 is 11.5. The van der Waals surface area contributed by atoms with E-state index in [2.05, 4.69) is 41.6 Å². The fourth-order valence-corrected chi connectivity index (χ4v) is 2.50. The van der Waals surface area contributed by atoms with E-state index in [1.54, 1.807) is 7.05 Å². The molecule has 24 heavy (non-hydrogen) atoms. The van der Waals surface area contributed by atoms with Gasteiger partial charge in [0.05, 0.1) is 6.54 Å². The summed E-state index contributed by atoms with van der Waals surface area (Å²) in [6.07, 6.45) is 2.09. The van der Waals surface area contributed by atoms with E-state index in [9.17, 15) is 0 Å². The highest BCUT2D eigenvalue weighted by atomic mass is 127. The maximum atomic E-state index is 5.92. The Balaban J connectivity index is 0.00000288. The molecule has 0 saturated heterocycles. The van der Waals surface area contributed by atoms with Crippen LogP contribution in [0.2, 0.25) is 0 Å². The van der Waals surface area contributed by atoms with Gasteiger partial charge < -0.3 is 20.1 Å². The first-order chi connectivity index (χ1) is 11.2. The van der Waals surface area contributed by atoms with Crippen molar-refractivity contribution in [1.82, 2.24) is 10.6 Å². The first-order valence-corrected chi connectivity index (χ1v) is 8.46. The van der Waals surface area contributed by atoms with Gasteiger partial charge in [0.15, 0.2) is 5.96 Å². The molecule has 0 aromatic heterocycles. The van der Waals surface area contributed by atoms with Crippen LogP contribution in [0, 0.1) is 5.92 Å². The van der Waals surface area contributed by atoms with Gasteiger partial charge in [-0.2, -0.15) is 0 Å². The number of para-hydroxylation sites is 1. The molecule has 0 radical (unpaired) electrons. The number of guanidine groups is 1. The van der Waals surface area contributed by atoms with E-state index in [-0.39, 0.29) is 30.1 Å². The standard InChI is InChI=1S/C18H29N3O2.HI/c1-14(2)13-22-10-6-9-20-18(19-3)21-12-16-11-15-7-4-5-8-17(15)23-16;/h4-5,7-8,14,16H,6,9-13H2,1-3H3,(H2,19,20,21);1H.